The molecule has 0 aromatic carbocycles. The third-order valence-electron chi connectivity index (χ3n) is 5.08. The van der Waals surface area contributed by atoms with Gasteiger partial charge in [-0.15, -0.1) is 0 Å². The van der Waals surface area contributed by atoms with Gasteiger partial charge in [-0.1, -0.05) is 25.7 Å². The standard InChI is InChI=1S/C15H31N3O/c1-17(8-9-18-10-12-19-13-11-18)15(14-16)6-4-2-3-5-7-15/h2-14,16H2,1H3. The normalized spacial score (nSPS) is 25.4. The van der Waals surface area contributed by atoms with Crippen molar-refractivity contribution in [2.24, 2.45) is 5.73 Å². The van der Waals surface area contributed by atoms with Crippen LogP contribution in [-0.4, -0.2) is 68.3 Å². The lowest BCUT2D eigenvalue weighted by molar-refractivity contribution is 0.0247. The number of hydrogen-bond acceptors (Lipinski definition) is 4. The van der Waals surface area contributed by atoms with Gasteiger partial charge < -0.3 is 10.5 Å². The summed E-state index contributed by atoms with van der Waals surface area (Å²) in [4.78, 5) is 5.06. The molecule has 0 atom stereocenters. The SMILES string of the molecule is CN(CCN1CCOCC1)C1(CN)CCCCCC1. The van der Waals surface area contributed by atoms with Gasteiger partial charge in [-0.2, -0.15) is 0 Å². The van der Waals surface area contributed by atoms with Gasteiger partial charge in [0.1, 0.15) is 0 Å². The molecule has 2 fully saturated rings. The van der Waals surface area contributed by atoms with Crippen LogP contribution in [-0.2, 0) is 4.74 Å². The number of ether oxygens (including phenoxy) is 1. The highest BCUT2D eigenvalue weighted by atomic mass is 16.5. The van der Waals surface area contributed by atoms with Crippen molar-refractivity contribution in [1.82, 2.24) is 9.80 Å². The molecule has 19 heavy (non-hydrogen) atoms. The van der Waals surface area contributed by atoms with Crippen LogP contribution in [0.3, 0.4) is 0 Å². The van der Waals surface area contributed by atoms with Crippen LogP contribution in [0.5, 0.6) is 0 Å². The van der Waals surface area contributed by atoms with Gasteiger partial charge in [0.2, 0.25) is 0 Å². The van der Waals surface area contributed by atoms with Crippen molar-refractivity contribution >= 4 is 0 Å². The number of nitrogens with zero attached hydrogens (tertiary/aromatic N) is 2. The summed E-state index contributed by atoms with van der Waals surface area (Å²) in [5.74, 6) is 0. The fraction of sp³-hybridized carbons (Fsp3) is 1.00. The second-order valence-corrected chi connectivity index (χ2v) is 6.22. The van der Waals surface area contributed by atoms with Crippen molar-refractivity contribution in [1.29, 1.82) is 0 Å². The van der Waals surface area contributed by atoms with E-state index in [1.54, 1.807) is 0 Å². The van der Waals surface area contributed by atoms with E-state index in [0.29, 0.717) is 0 Å². The van der Waals surface area contributed by atoms with E-state index in [1.807, 2.05) is 0 Å². The van der Waals surface area contributed by atoms with Crippen molar-refractivity contribution < 1.29 is 4.74 Å². The highest BCUT2D eigenvalue weighted by molar-refractivity contribution is 4.92. The van der Waals surface area contributed by atoms with E-state index < -0.39 is 0 Å². The molecule has 2 aliphatic rings. The molecule has 1 heterocycles. The molecule has 0 unspecified atom stereocenters. The van der Waals surface area contributed by atoms with Crippen molar-refractivity contribution in [3.05, 3.63) is 0 Å². The van der Waals surface area contributed by atoms with Gasteiger partial charge in [-0.3, -0.25) is 9.80 Å². The molecule has 0 bridgehead atoms. The van der Waals surface area contributed by atoms with Crippen LogP contribution in [0.1, 0.15) is 38.5 Å². The Balaban J connectivity index is 1.82. The van der Waals surface area contributed by atoms with Crippen molar-refractivity contribution in [3.8, 4) is 0 Å². The molecule has 1 aliphatic carbocycles. The largest absolute Gasteiger partial charge is 0.379 e. The Morgan fingerprint density at radius 3 is 2.32 bits per heavy atom. The number of morpholine rings is 1. The second kappa shape index (κ2) is 7.58. The highest BCUT2D eigenvalue weighted by Gasteiger charge is 2.33. The van der Waals surface area contributed by atoms with Gasteiger partial charge in [0, 0.05) is 38.3 Å². The minimum atomic E-state index is 0.267. The van der Waals surface area contributed by atoms with Crippen LogP contribution in [0.15, 0.2) is 0 Å². The third-order valence-corrected chi connectivity index (χ3v) is 5.08. The first kappa shape index (κ1) is 15.2. The Morgan fingerprint density at radius 1 is 1.11 bits per heavy atom. The molecule has 112 valence electrons. The van der Waals surface area contributed by atoms with E-state index in [9.17, 15) is 0 Å². The zero-order valence-electron chi connectivity index (χ0n) is 12.6. The minimum absolute atomic E-state index is 0.267. The molecule has 2 N–H and O–H groups in total. The number of likely N-dealkylation sites (N-methyl/N-ethyl adjacent to an activating group) is 1. The topological polar surface area (TPSA) is 41.7 Å². The second-order valence-electron chi connectivity index (χ2n) is 6.22. The average Bonchev–Trinajstić information content (AvgIpc) is 2.72. The summed E-state index contributed by atoms with van der Waals surface area (Å²) < 4.78 is 5.41. The van der Waals surface area contributed by atoms with Gasteiger partial charge >= 0.3 is 0 Å². The molecule has 0 aromatic rings. The lowest BCUT2D eigenvalue weighted by atomic mass is 9.88. The van der Waals surface area contributed by atoms with Crippen LogP contribution >= 0.6 is 0 Å². The number of hydrogen-bond donors (Lipinski definition) is 1. The monoisotopic (exact) mass is 269 g/mol. The third kappa shape index (κ3) is 4.15. The maximum atomic E-state index is 6.14. The molecular weight excluding hydrogens is 238 g/mol. The molecule has 2 rings (SSSR count). The van der Waals surface area contributed by atoms with Crippen LogP contribution in [0.2, 0.25) is 0 Å². The molecule has 4 heteroatoms. The van der Waals surface area contributed by atoms with E-state index in [2.05, 4.69) is 16.8 Å². The van der Waals surface area contributed by atoms with Gasteiger partial charge in [-0.25, -0.2) is 0 Å². The molecule has 0 radical (unpaired) electrons. The first-order valence-corrected chi connectivity index (χ1v) is 7.98. The van der Waals surface area contributed by atoms with Crippen LogP contribution < -0.4 is 5.73 Å². The maximum absolute atomic E-state index is 6.14. The van der Waals surface area contributed by atoms with Crippen molar-refractivity contribution in [2.75, 3.05) is 53.0 Å². The summed E-state index contributed by atoms with van der Waals surface area (Å²) in [5.41, 5.74) is 6.41. The van der Waals surface area contributed by atoms with Crippen LogP contribution in [0.4, 0.5) is 0 Å². The predicted octanol–water partition coefficient (Wildman–Crippen LogP) is 1.30. The predicted molar refractivity (Wildman–Crippen MR) is 79.4 cm³/mol. The molecule has 1 aliphatic heterocycles. The fourth-order valence-corrected chi connectivity index (χ4v) is 3.48. The summed E-state index contributed by atoms with van der Waals surface area (Å²) in [6.07, 6.45) is 8.03. The first-order chi connectivity index (χ1) is 9.27. The van der Waals surface area contributed by atoms with Crippen LogP contribution in [0.25, 0.3) is 0 Å². The van der Waals surface area contributed by atoms with E-state index in [-0.39, 0.29) is 5.54 Å². The zero-order valence-corrected chi connectivity index (χ0v) is 12.6. The molecule has 1 saturated carbocycles. The molecule has 1 saturated heterocycles. The Labute approximate surface area is 118 Å². The lowest BCUT2D eigenvalue weighted by Crippen LogP contribution is -2.54. The summed E-state index contributed by atoms with van der Waals surface area (Å²) in [7, 11) is 2.28. The summed E-state index contributed by atoms with van der Waals surface area (Å²) >= 11 is 0. The minimum Gasteiger partial charge on any atom is -0.379 e. The smallest absolute Gasteiger partial charge is 0.0594 e. The van der Waals surface area contributed by atoms with Gasteiger partial charge in [0.15, 0.2) is 0 Å². The van der Waals surface area contributed by atoms with Gasteiger partial charge in [0.25, 0.3) is 0 Å². The van der Waals surface area contributed by atoms with E-state index in [0.717, 1.165) is 45.9 Å². The molecular formula is C15H31N3O. The highest BCUT2D eigenvalue weighted by Crippen LogP contribution is 2.30. The zero-order chi connectivity index (χ0) is 13.6. The summed E-state index contributed by atoms with van der Waals surface area (Å²) in [6.45, 7) is 7.07. The molecule has 0 spiro atoms. The number of nitrogens with two attached hydrogens (primary N) is 1. The van der Waals surface area contributed by atoms with E-state index in [1.165, 1.54) is 38.5 Å². The van der Waals surface area contributed by atoms with Gasteiger partial charge in [-0.05, 0) is 19.9 Å². The quantitative estimate of drug-likeness (QED) is 0.764. The van der Waals surface area contributed by atoms with E-state index >= 15 is 0 Å². The first-order valence-electron chi connectivity index (χ1n) is 7.98. The maximum Gasteiger partial charge on any atom is 0.0594 e. The Morgan fingerprint density at radius 2 is 1.74 bits per heavy atom. The molecule has 0 aromatic heterocycles. The van der Waals surface area contributed by atoms with Crippen molar-refractivity contribution in [3.63, 3.8) is 0 Å². The lowest BCUT2D eigenvalue weighted by Gasteiger charge is -2.42. The molecule has 0 amide bonds. The Kier molecular flexibility index (Phi) is 6.07. The Hall–Kier alpha value is -0.160. The summed E-state index contributed by atoms with van der Waals surface area (Å²) in [5, 5.41) is 0. The number of rotatable bonds is 5. The Bertz CT molecular complexity index is 246. The summed E-state index contributed by atoms with van der Waals surface area (Å²) in [6, 6.07) is 0. The molecule has 4 nitrogen and oxygen atoms in total. The average molecular weight is 269 g/mol. The van der Waals surface area contributed by atoms with Gasteiger partial charge in [0.05, 0.1) is 13.2 Å². The fourth-order valence-electron chi connectivity index (χ4n) is 3.48. The van der Waals surface area contributed by atoms with Crippen molar-refractivity contribution in [2.45, 2.75) is 44.1 Å². The van der Waals surface area contributed by atoms with Crippen LogP contribution in [0, 0.1) is 0 Å². The van der Waals surface area contributed by atoms with E-state index in [4.69, 9.17) is 10.5 Å².